The lowest BCUT2D eigenvalue weighted by atomic mass is 9.83. The number of aromatic hydroxyl groups is 1. The Hall–Kier alpha value is -3.58. The van der Waals surface area contributed by atoms with Crippen LogP contribution in [-0.2, 0) is 16.1 Å². The largest absolute Gasteiger partial charge is 0.507 e. The van der Waals surface area contributed by atoms with Gasteiger partial charge >= 0.3 is 5.97 Å². The molecular weight excluding hydrogens is 414 g/mol. The van der Waals surface area contributed by atoms with Gasteiger partial charge < -0.3 is 15.6 Å². The Balaban J connectivity index is 1.64. The van der Waals surface area contributed by atoms with Crippen molar-refractivity contribution in [3.8, 4) is 5.75 Å². The summed E-state index contributed by atoms with van der Waals surface area (Å²) in [5, 5.41) is 10.6. The number of phenols is 1. The van der Waals surface area contributed by atoms with Crippen molar-refractivity contribution in [1.29, 1.82) is 0 Å². The van der Waals surface area contributed by atoms with E-state index in [1.165, 1.54) is 17.8 Å². The number of nitrogens with two attached hydrogens (primary N) is 1. The molecule has 31 heavy (non-hydrogen) atoms. The average Bonchev–Trinajstić information content (AvgIpc) is 2.78. The van der Waals surface area contributed by atoms with Crippen LogP contribution in [0.15, 0.2) is 64.4 Å². The number of phenolic OH excluding ortho intramolecular Hbond substituents is 1. The summed E-state index contributed by atoms with van der Waals surface area (Å²) in [4.78, 5) is 38.5. The first-order valence-corrected chi connectivity index (χ1v) is 10.5. The molecule has 1 aliphatic rings. The monoisotopic (exact) mass is 433 g/mol. The highest BCUT2D eigenvalue weighted by atomic mass is 32.2. The van der Waals surface area contributed by atoms with Crippen molar-refractivity contribution in [2.45, 2.75) is 29.7 Å². The number of nitrogen functional groups attached to an aromatic ring is 1. The molecule has 0 saturated heterocycles. The van der Waals surface area contributed by atoms with Crippen LogP contribution >= 0.6 is 11.8 Å². The van der Waals surface area contributed by atoms with Gasteiger partial charge in [-0.05, 0) is 23.8 Å². The molecule has 4 rings (SSSR count). The van der Waals surface area contributed by atoms with Gasteiger partial charge in [-0.2, -0.15) is 0 Å². The van der Waals surface area contributed by atoms with Crippen molar-refractivity contribution in [3.63, 3.8) is 0 Å². The molecule has 3 aromatic rings. The Bertz CT molecular complexity index is 1220. The fourth-order valence-corrected chi connectivity index (χ4v) is 4.31. The van der Waals surface area contributed by atoms with E-state index in [4.69, 9.17) is 10.5 Å². The molecule has 0 fully saturated rings. The lowest BCUT2D eigenvalue weighted by molar-refractivity contribution is -0.144. The van der Waals surface area contributed by atoms with E-state index in [1.807, 2.05) is 24.3 Å². The molecule has 7 heteroatoms. The fraction of sp³-hybridized carbons (Fsp3) is 0.125. The third kappa shape index (κ3) is 3.80. The van der Waals surface area contributed by atoms with Gasteiger partial charge in [0.05, 0.1) is 16.8 Å². The second-order valence-corrected chi connectivity index (χ2v) is 8.14. The van der Waals surface area contributed by atoms with Crippen LogP contribution in [0.5, 0.6) is 5.75 Å². The Labute approximate surface area is 183 Å². The minimum Gasteiger partial charge on any atom is -0.507 e. The summed E-state index contributed by atoms with van der Waals surface area (Å²) in [5.41, 5.74) is 7.81. The van der Waals surface area contributed by atoms with Crippen LogP contribution in [-0.4, -0.2) is 22.6 Å². The summed E-state index contributed by atoms with van der Waals surface area (Å²) in [6.07, 6.45) is 0.320. The molecule has 0 bridgehead atoms. The zero-order chi connectivity index (χ0) is 22.1. The van der Waals surface area contributed by atoms with Gasteiger partial charge in [0.2, 0.25) is 0 Å². The summed E-state index contributed by atoms with van der Waals surface area (Å²) in [7, 11) is 0. The number of benzene rings is 3. The third-order valence-electron chi connectivity index (χ3n) is 5.02. The first-order valence-electron chi connectivity index (χ1n) is 9.67. The van der Waals surface area contributed by atoms with Crippen LogP contribution in [0.3, 0.4) is 0 Å². The molecule has 156 valence electrons. The second-order valence-electron chi connectivity index (χ2n) is 7.02. The predicted octanol–water partition coefficient (Wildman–Crippen LogP) is 4.35. The van der Waals surface area contributed by atoms with E-state index in [2.05, 4.69) is 0 Å². The number of esters is 1. The van der Waals surface area contributed by atoms with Gasteiger partial charge in [-0.3, -0.25) is 14.4 Å². The highest BCUT2D eigenvalue weighted by molar-refractivity contribution is 7.99. The number of ketones is 2. The van der Waals surface area contributed by atoms with E-state index >= 15 is 0 Å². The highest BCUT2D eigenvalue weighted by Crippen LogP contribution is 2.43. The number of carbonyl (C=O) groups excluding carboxylic acids is 3. The number of fused-ring (bicyclic) bond motifs is 2. The maximum absolute atomic E-state index is 13.0. The second kappa shape index (κ2) is 8.28. The van der Waals surface area contributed by atoms with Crippen LogP contribution in [0, 0.1) is 0 Å². The van der Waals surface area contributed by atoms with Crippen LogP contribution in [0.2, 0.25) is 0 Å². The number of rotatable bonds is 5. The SMILES string of the molecule is CCC(=O)OCc1ccc(Sc2cc(O)c3c(c2N)C(=O)c2ccccc2C3=O)cc1. The maximum atomic E-state index is 13.0. The first kappa shape index (κ1) is 20.7. The quantitative estimate of drug-likeness (QED) is 0.274. The van der Waals surface area contributed by atoms with E-state index in [0.29, 0.717) is 11.3 Å². The van der Waals surface area contributed by atoms with E-state index < -0.39 is 5.78 Å². The van der Waals surface area contributed by atoms with Crippen LogP contribution in [0.4, 0.5) is 5.69 Å². The first-order chi connectivity index (χ1) is 14.9. The molecule has 0 aliphatic heterocycles. The van der Waals surface area contributed by atoms with Gasteiger partial charge in [-0.25, -0.2) is 0 Å². The third-order valence-corrected chi connectivity index (χ3v) is 6.08. The topological polar surface area (TPSA) is 107 Å². The van der Waals surface area contributed by atoms with Crippen molar-refractivity contribution in [2.24, 2.45) is 0 Å². The highest BCUT2D eigenvalue weighted by Gasteiger charge is 2.34. The molecule has 0 unspecified atom stereocenters. The molecule has 0 aromatic heterocycles. The standard InChI is InChI=1S/C24H19NO5S/c1-2-19(27)30-12-13-7-9-14(10-8-13)31-18-11-17(26)20-21(22(18)25)24(29)16-6-4-3-5-15(16)23(20)28/h3-11,26H,2,12,25H2,1H3. The van der Waals surface area contributed by atoms with Crippen molar-refractivity contribution >= 4 is 35.0 Å². The average molecular weight is 433 g/mol. The summed E-state index contributed by atoms with van der Waals surface area (Å²) >= 11 is 1.27. The van der Waals surface area contributed by atoms with Crippen molar-refractivity contribution in [1.82, 2.24) is 0 Å². The number of anilines is 1. The molecule has 0 spiro atoms. The molecular formula is C24H19NO5S. The van der Waals surface area contributed by atoms with Gasteiger partial charge in [-0.1, -0.05) is 55.1 Å². The summed E-state index contributed by atoms with van der Waals surface area (Å²) < 4.78 is 5.11. The van der Waals surface area contributed by atoms with Crippen LogP contribution in [0.25, 0.3) is 0 Å². The normalized spacial score (nSPS) is 12.3. The smallest absolute Gasteiger partial charge is 0.305 e. The Morgan fingerprint density at radius 1 is 1.00 bits per heavy atom. The minimum absolute atomic E-state index is 0.0364. The molecule has 0 saturated carbocycles. The van der Waals surface area contributed by atoms with Gasteiger partial charge in [0.15, 0.2) is 11.6 Å². The fourth-order valence-electron chi connectivity index (χ4n) is 3.41. The van der Waals surface area contributed by atoms with Crippen molar-refractivity contribution < 1.29 is 24.2 Å². The number of hydrogen-bond acceptors (Lipinski definition) is 7. The molecule has 0 atom stereocenters. The van der Waals surface area contributed by atoms with E-state index in [9.17, 15) is 19.5 Å². The summed E-state index contributed by atoms with van der Waals surface area (Å²) in [6.45, 7) is 1.92. The van der Waals surface area contributed by atoms with Gasteiger partial charge in [0, 0.05) is 27.3 Å². The van der Waals surface area contributed by atoms with Gasteiger partial charge in [0.1, 0.15) is 12.4 Å². The zero-order valence-electron chi connectivity index (χ0n) is 16.7. The zero-order valence-corrected chi connectivity index (χ0v) is 17.5. The Morgan fingerprint density at radius 3 is 2.23 bits per heavy atom. The number of ether oxygens (including phenoxy) is 1. The summed E-state index contributed by atoms with van der Waals surface area (Å²) in [6, 6.07) is 15.2. The molecule has 1 aliphatic carbocycles. The van der Waals surface area contributed by atoms with Gasteiger partial charge in [-0.15, -0.1) is 0 Å². The van der Waals surface area contributed by atoms with E-state index in [0.717, 1.165) is 10.5 Å². The molecule has 3 N–H and O–H groups in total. The molecule has 0 radical (unpaired) electrons. The van der Waals surface area contributed by atoms with Crippen molar-refractivity contribution in [3.05, 3.63) is 82.4 Å². The number of hydrogen-bond donors (Lipinski definition) is 2. The molecule has 3 aromatic carbocycles. The van der Waals surface area contributed by atoms with Crippen LogP contribution in [0.1, 0.15) is 50.8 Å². The lowest BCUT2D eigenvalue weighted by Gasteiger charge is -2.21. The predicted molar refractivity (Wildman–Crippen MR) is 116 cm³/mol. The van der Waals surface area contributed by atoms with Gasteiger partial charge in [0.25, 0.3) is 0 Å². The molecule has 0 amide bonds. The summed E-state index contributed by atoms with van der Waals surface area (Å²) in [5.74, 6) is -1.34. The lowest BCUT2D eigenvalue weighted by Crippen LogP contribution is -2.22. The van der Waals surface area contributed by atoms with E-state index in [-0.39, 0.29) is 52.1 Å². The molecule has 0 heterocycles. The van der Waals surface area contributed by atoms with E-state index in [1.54, 1.807) is 31.2 Å². The number of carbonyl (C=O) groups is 3. The Morgan fingerprint density at radius 2 is 1.61 bits per heavy atom. The van der Waals surface area contributed by atoms with Crippen LogP contribution < -0.4 is 5.73 Å². The minimum atomic E-state index is -0.420. The molecule has 6 nitrogen and oxygen atoms in total. The Kier molecular flexibility index (Phi) is 5.52. The maximum Gasteiger partial charge on any atom is 0.305 e. The van der Waals surface area contributed by atoms with Crippen molar-refractivity contribution in [2.75, 3.05) is 5.73 Å².